The molecule has 2 saturated heterocycles. The number of amides is 2. The molecular formula is C25H33F2N6O3-. The van der Waals surface area contributed by atoms with Crippen LogP contribution in [-0.2, 0) is 11.2 Å². The molecule has 0 radical (unpaired) electrons. The van der Waals surface area contributed by atoms with Crippen molar-refractivity contribution in [2.75, 3.05) is 26.2 Å². The van der Waals surface area contributed by atoms with E-state index >= 15 is 0 Å². The number of carboxylic acid groups (broad SMARTS) is 1. The number of likely N-dealkylation sites (tertiary alicyclic amines) is 2. The monoisotopic (exact) mass is 503 g/mol. The van der Waals surface area contributed by atoms with Crippen molar-refractivity contribution in [1.82, 2.24) is 20.1 Å². The maximum absolute atomic E-state index is 13.9. The number of hydrogen-bond donors (Lipinski definition) is 2. The topological polar surface area (TPSA) is 133 Å². The molecule has 1 spiro atoms. The molecule has 36 heavy (non-hydrogen) atoms. The predicted molar refractivity (Wildman–Crippen MR) is 127 cm³/mol. The van der Waals surface area contributed by atoms with Gasteiger partial charge in [0.15, 0.2) is 0 Å². The summed E-state index contributed by atoms with van der Waals surface area (Å²) in [6, 6.07) is 4.16. The largest absolute Gasteiger partial charge is 0.667 e. The van der Waals surface area contributed by atoms with Crippen molar-refractivity contribution in [3.63, 3.8) is 0 Å². The summed E-state index contributed by atoms with van der Waals surface area (Å²) in [5.74, 6) is -3.97. The van der Waals surface area contributed by atoms with E-state index in [1.165, 1.54) is 63.3 Å². The molecule has 3 N–H and O–H groups in total. The Morgan fingerprint density at radius 1 is 1.22 bits per heavy atom. The summed E-state index contributed by atoms with van der Waals surface area (Å²) in [5.41, 5.74) is 7.39. The summed E-state index contributed by atoms with van der Waals surface area (Å²) in [6.45, 7) is 3.94. The van der Waals surface area contributed by atoms with Gasteiger partial charge in [-0.05, 0) is 69.3 Å². The van der Waals surface area contributed by atoms with Crippen molar-refractivity contribution in [3.05, 3.63) is 35.8 Å². The zero-order chi connectivity index (χ0) is 26.0. The molecule has 2 saturated carbocycles. The van der Waals surface area contributed by atoms with Gasteiger partial charge in [-0.15, -0.1) is 0 Å². The first-order valence-electron chi connectivity index (χ1n) is 12.5. The van der Waals surface area contributed by atoms with Crippen molar-refractivity contribution in [2.24, 2.45) is 5.41 Å². The Bertz CT molecular complexity index is 977. The van der Waals surface area contributed by atoms with Crippen molar-refractivity contribution >= 4 is 12.0 Å². The average Bonchev–Trinajstić information content (AvgIpc) is 3.74. The zero-order valence-electron chi connectivity index (χ0n) is 20.3. The third-order valence-electron chi connectivity index (χ3n) is 7.60. The lowest BCUT2D eigenvalue weighted by atomic mass is 9.72. The van der Waals surface area contributed by atoms with E-state index in [1.54, 1.807) is 4.90 Å². The molecule has 0 unspecified atom stereocenters. The number of nitriles is 1. The predicted octanol–water partition coefficient (Wildman–Crippen LogP) is 3.47. The standard InChI is InChI=1S/C14H15F2N4O.C11H18N2O2/c15-14(16,7-10-1-5-19-6-2-10)8-11(18)12(21)20-13(9-17)3-4-13;14-10(15)13-7-11(8-13)3-5-12(6-4-11)9-1-2-9/h1-2,5-6,11,18H,3-4,7-8H2,(H,20,21);9H,1-8H2,(H,14,15)/q-1;/t11-;/m0./s1. The zero-order valence-corrected chi connectivity index (χ0v) is 20.3. The van der Waals surface area contributed by atoms with E-state index < -0.39 is 42.3 Å². The molecule has 1 aromatic rings. The highest BCUT2D eigenvalue weighted by Gasteiger charge is 2.48. The van der Waals surface area contributed by atoms with Crippen LogP contribution >= 0.6 is 0 Å². The van der Waals surface area contributed by atoms with Gasteiger partial charge in [0.25, 0.3) is 5.92 Å². The van der Waals surface area contributed by atoms with E-state index in [4.69, 9.17) is 16.1 Å². The lowest BCUT2D eigenvalue weighted by Crippen LogP contribution is -2.61. The first kappa shape index (κ1) is 26.2. The van der Waals surface area contributed by atoms with Gasteiger partial charge in [-0.25, -0.2) is 13.6 Å². The molecule has 196 valence electrons. The minimum atomic E-state index is -3.16. The number of rotatable bonds is 7. The highest BCUT2D eigenvalue weighted by molar-refractivity contribution is 5.84. The third kappa shape index (κ3) is 6.68. The second-order valence-corrected chi connectivity index (χ2v) is 10.7. The molecular weight excluding hydrogens is 470 g/mol. The van der Waals surface area contributed by atoms with Crippen LogP contribution in [0.3, 0.4) is 0 Å². The molecule has 1 aromatic heterocycles. The molecule has 2 aliphatic heterocycles. The van der Waals surface area contributed by atoms with Crippen LogP contribution in [-0.4, -0.2) is 81.6 Å². The Kier molecular flexibility index (Phi) is 7.48. The van der Waals surface area contributed by atoms with Crippen LogP contribution in [0.25, 0.3) is 5.73 Å². The van der Waals surface area contributed by atoms with Gasteiger partial charge in [-0.3, -0.25) is 9.78 Å². The molecule has 4 fully saturated rings. The second-order valence-electron chi connectivity index (χ2n) is 10.7. The second kappa shape index (κ2) is 10.3. The minimum absolute atomic E-state index is 0.351. The highest BCUT2D eigenvalue weighted by Crippen LogP contribution is 2.42. The van der Waals surface area contributed by atoms with Crippen molar-refractivity contribution in [3.8, 4) is 6.07 Å². The SMILES string of the molecule is N#CC1(NC(=O)[C@@H]([NH-])CC(F)(F)Cc2ccncc2)CC1.O=C(O)N1CC2(CCN(C3CC3)CC2)C1. The first-order chi connectivity index (χ1) is 17.0. The quantitative estimate of drug-likeness (QED) is 0.585. The van der Waals surface area contributed by atoms with E-state index in [2.05, 4.69) is 15.2 Å². The van der Waals surface area contributed by atoms with Gasteiger partial charge in [0.1, 0.15) is 5.54 Å². The number of halogens is 2. The Morgan fingerprint density at radius 2 is 1.83 bits per heavy atom. The Labute approximate surface area is 209 Å². The average molecular weight is 504 g/mol. The van der Waals surface area contributed by atoms with Crippen LogP contribution in [0.2, 0.25) is 0 Å². The maximum Gasteiger partial charge on any atom is 0.407 e. The summed E-state index contributed by atoms with van der Waals surface area (Å²) in [5, 5.41) is 20.0. The molecule has 2 aliphatic carbocycles. The van der Waals surface area contributed by atoms with E-state index in [1.807, 2.05) is 6.07 Å². The van der Waals surface area contributed by atoms with Crippen LogP contribution < -0.4 is 5.32 Å². The summed E-state index contributed by atoms with van der Waals surface area (Å²) in [6.07, 6.45) is 6.86. The van der Waals surface area contributed by atoms with E-state index in [9.17, 15) is 18.4 Å². The molecule has 11 heteroatoms. The van der Waals surface area contributed by atoms with Gasteiger partial charge < -0.3 is 26.0 Å². The lowest BCUT2D eigenvalue weighted by Gasteiger charge is -2.53. The molecule has 2 amide bonds. The van der Waals surface area contributed by atoms with Crippen molar-refractivity contribution < 1.29 is 23.5 Å². The van der Waals surface area contributed by atoms with Gasteiger partial charge in [0.2, 0.25) is 5.91 Å². The van der Waals surface area contributed by atoms with Crippen LogP contribution in [0.1, 0.15) is 50.5 Å². The van der Waals surface area contributed by atoms with Gasteiger partial charge in [-0.1, -0.05) is 6.04 Å². The fourth-order valence-electron chi connectivity index (χ4n) is 4.99. The number of hydrogen-bond acceptors (Lipinski definition) is 5. The number of carbonyl (C=O) groups excluding carboxylic acids is 1. The number of nitrogens with one attached hydrogen (secondary N) is 2. The van der Waals surface area contributed by atoms with Crippen LogP contribution in [0.5, 0.6) is 0 Å². The smallest absolute Gasteiger partial charge is 0.407 e. The number of carbonyl (C=O) groups is 2. The fraction of sp³-hybridized carbons (Fsp3) is 0.680. The summed E-state index contributed by atoms with van der Waals surface area (Å²) in [7, 11) is 0. The number of aromatic nitrogens is 1. The minimum Gasteiger partial charge on any atom is -0.667 e. The number of pyridine rings is 1. The molecule has 0 aromatic carbocycles. The third-order valence-corrected chi connectivity index (χ3v) is 7.60. The normalized spacial score (nSPS) is 22.9. The van der Waals surface area contributed by atoms with Crippen molar-refractivity contribution in [2.45, 2.75) is 74.9 Å². The lowest BCUT2D eigenvalue weighted by molar-refractivity contribution is -0.124. The van der Waals surface area contributed by atoms with E-state index in [-0.39, 0.29) is 0 Å². The molecule has 5 rings (SSSR count). The van der Waals surface area contributed by atoms with Gasteiger partial charge in [-0.2, -0.15) is 5.26 Å². The number of alkyl halides is 2. The molecule has 9 nitrogen and oxygen atoms in total. The Morgan fingerprint density at radius 3 is 2.33 bits per heavy atom. The number of nitrogens with zero attached hydrogens (tertiary/aromatic N) is 4. The van der Waals surface area contributed by atoms with Crippen LogP contribution in [0.15, 0.2) is 24.5 Å². The molecule has 1 atom stereocenters. The van der Waals surface area contributed by atoms with Crippen LogP contribution in [0, 0.1) is 16.7 Å². The molecule has 4 aliphatic rings. The van der Waals surface area contributed by atoms with Crippen LogP contribution in [0.4, 0.5) is 13.6 Å². The fourth-order valence-corrected chi connectivity index (χ4v) is 4.99. The highest BCUT2D eigenvalue weighted by atomic mass is 19.3. The summed E-state index contributed by atoms with van der Waals surface area (Å²) in [4.78, 5) is 30.3. The van der Waals surface area contributed by atoms with E-state index in [0.717, 1.165) is 19.1 Å². The molecule has 3 heterocycles. The van der Waals surface area contributed by atoms with Gasteiger partial charge >= 0.3 is 6.09 Å². The van der Waals surface area contributed by atoms with E-state index in [0.29, 0.717) is 23.8 Å². The Hall–Kier alpha value is -2.84. The Balaban J connectivity index is 0.000000178. The number of piperidine rings is 1. The first-order valence-corrected chi connectivity index (χ1v) is 12.5. The molecule has 0 bridgehead atoms. The van der Waals surface area contributed by atoms with Crippen molar-refractivity contribution in [1.29, 1.82) is 5.26 Å². The maximum atomic E-state index is 13.9. The summed E-state index contributed by atoms with van der Waals surface area (Å²) >= 11 is 0. The summed E-state index contributed by atoms with van der Waals surface area (Å²) < 4.78 is 27.7. The van der Waals surface area contributed by atoms with Gasteiger partial charge in [0, 0.05) is 49.8 Å². The van der Waals surface area contributed by atoms with Gasteiger partial charge in [0.05, 0.1) is 6.07 Å².